The summed E-state index contributed by atoms with van der Waals surface area (Å²) in [5, 5.41) is 10.8. The third kappa shape index (κ3) is 2.41. The average molecular weight is 301 g/mol. The number of amides is 1. The summed E-state index contributed by atoms with van der Waals surface area (Å²) in [5.41, 5.74) is 1.11. The van der Waals surface area contributed by atoms with Gasteiger partial charge in [0, 0.05) is 18.5 Å². The summed E-state index contributed by atoms with van der Waals surface area (Å²) < 4.78 is 5.97. The van der Waals surface area contributed by atoms with Crippen molar-refractivity contribution in [2.24, 2.45) is 0 Å². The van der Waals surface area contributed by atoms with Crippen molar-refractivity contribution in [1.29, 1.82) is 0 Å². The van der Waals surface area contributed by atoms with Gasteiger partial charge in [-0.15, -0.1) is 0 Å². The van der Waals surface area contributed by atoms with Crippen LogP contribution in [0.15, 0.2) is 24.8 Å². The van der Waals surface area contributed by atoms with E-state index in [0.717, 1.165) is 29.7 Å². The van der Waals surface area contributed by atoms with Crippen molar-refractivity contribution in [3.05, 3.63) is 35.9 Å². The molecule has 1 fully saturated rings. The Morgan fingerprint density at radius 2 is 2.18 bits per heavy atom. The molecule has 4 nitrogen and oxygen atoms in total. The molecule has 1 saturated heterocycles. The van der Waals surface area contributed by atoms with Gasteiger partial charge in [0.05, 0.1) is 6.04 Å². The van der Waals surface area contributed by atoms with Crippen molar-refractivity contribution in [1.82, 2.24) is 4.90 Å². The normalized spacial score (nSPS) is 27.0. The zero-order valence-electron chi connectivity index (χ0n) is 13.2. The molecule has 1 N–H and O–H groups in total. The Bertz CT molecular complexity index is 608. The molecular weight excluding hydrogens is 278 g/mol. The molecule has 0 radical (unpaired) electrons. The van der Waals surface area contributed by atoms with Crippen LogP contribution in [0.2, 0.25) is 0 Å². The first kappa shape index (κ1) is 15.1. The lowest BCUT2D eigenvalue weighted by Gasteiger charge is -2.47. The number of piperidine rings is 1. The second-order valence-electron chi connectivity index (χ2n) is 6.64. The highest BCUT2D eigenvalue weighted by atomic mass is 16.5. The van der Waals surface area contributed by atoms with Crippen LogP contribution in [-0.4, -0.2) is 34.2 Å². The van der Waals surface area contributed by atoms with Crippen molar-refractivity contribution in [3.8, 4) is 5.75 Å². The van der Waals surface area contributed by atoms with Gasteiger partial charge in [0.25, 0.3) is 0 Å². The van der Waals surface area contributed by atoms with E-state index in [1.165, 1.54) is 0 Å². The Hall–Kier alpha value is -1.81. The van der Waals surface area contributed by atoms with Gasteiger partial charge in [0.2, 0.25) is 5.91 Å². The predicted octanol–water partition coefficient (Wildman–Crippen LogP) is 2.92. The molecule has 2 atom stereocenters. The number of fused-ring (bicyclic) bond motifs is 1. The number of hydrogen-bond donors (Lipinski definition) is 1. The molecule has 1 aromatic carbocycles. The third-order valence-corrected chi connectivity index (χ3v) is 4.67. The largest absolute Gasteiger partial charge is 0.485 e. The van der Waals surface area contributed by atoms with E-state index in [-0.39, 0.29) is 11.9 Å². The summed E-state index contributed by atoms with van der Waals surface area (Å²) in [6, 6.07) is 5.45. The molecule has 3 rings (SSSR count). The molecule has 1 amide bonds. The molecule has 118 valence electrons. The molecule has 0 saturated carbocycles. The lowest BCUT2D eigenvalue weighted by Crippen LogP contribution is -2.55. The Kier molecular flexibility index (Phi) is 3.73. The molecule has 0 bridgehead atoms. The number of carbonyl (C=O) groups excluding carboxylic acids is 1. The first-order valence-electron chi connectivity index (χ1n) is 7.87. The van der Waals surface area contributed by atoms with Gasteiger partial charge in [0.15, 0.2) is 0 Å². The molecule has 0 aliphatic carbocycles. The summed E-state index contributed by atoms with van der Waals surface area (Å²) in [7, 11) is 0. The van der Waals surface area contributed by atoms with E-state index in [2.05, 4.69) is 6.58 Å². The fourth-order valence-corrected chi connectivity index (χ4v) is 3.37. The minimum absolute atomic E-state index is 0.114. The van der Waals surface area contributed by atoms with Crippen molar-refractivity contribution >= 4 is 12.0 Å². The average Bonchev–Trinajstić information content (AvgIpc) is 2.49. The van der Waals surface area contributed by atoms with Crippen LogP contribution in [0.3, 0.4) is 0 Å². The summed E-state index contributed by atoms with van der Waals surface area (Å²) in [4.78, 5) is 14.2. The van der Waals surface area contributed by atoms with Crippen LogP contribution in [0.25, 0.3) is 6.08 Å². The second-order valence-corrected chi connectivity index (χ2v) is 6.64. The van der Waals surface area contributed by atoms with E-state index in [0.29, 0.717) is 13.0 Å². The number of rotatable bonds is 2. The molecule has 0 spiro atoms. The number of ether oxygens (including phenoxy) is 1. The van der Waals surface area contributed by atoms with Crippen molar-refractivity contribution in [2.45, 2.75) is 50.9 Å². The number of aliphatic hydroxyl groups is 1. The van der Waals surface area contributed by atoms with Gasteiger partial charge in [-0.05, 0) is 44.4 Å². The molecule has 2 heterocycles. The lowest BCUT2D eigenvalue weighted by molar-refractivity contribution is -0.147. The van der Waals surface area contributed by atoms with E-state index in [1.54, 1.807) is 6.08 Å². The van der Waals surface area contributed by atoms with E-state index < -0.39 is 11.7 Å². The molecule has 2 aliphatic rings. The second kappa shape index (κ2) is 5.43. The highest BCUT2D eigenvalue weighted by Gasteiger charge is 2.46. The first-order chi connectivity index (χ1) is 10.4. The third-order valence-electron chi connectivity index (χ3n) is 4.67. The highest BCUT2D eigenvalue weighted by molar-refractivity contribution is 5.78. The van der Waals surface area contributed by atoms with Gasteiger partial charge in [0.1, 0.15) is 17.5 Å². The number of aliphatic hydroxyl groups excluding tert-OH is 1. The number of carbonyl (C=O) groups is 1. The number of likely N-dealkylation sites (tertiary alicyclic amines) is 1. The van der Waals surface area contributed by atoms with E-state index >= 15 is 0 Å². The van der Waals surface area contributed by atoms with Crippen LogP contribution < -0.4 is 4.74 Å². The maximum atomic E-state index is 12.4. The molecule has 0 unspecified atom stereocenters. The summed E-state index contributed by atoms with van der Waals surface area (Å²) in [6.07, 6.45) is 3.47. The number of hydrogen-bond acceptors (Lipinski definition) is 3. The molecule has 1 aromatic rings. The van der Waals surface area contributed by atoms with Gasteiger partial charge in [-0.3, -0.25) is 4.79 Å². The van der Waals surface area contributed by atoms with Gasteiger partial charge in [-0.1, -0.05) is 18.7 Å². The smallest absolute Gasteiger partial charge is 0.223 e. The molecule has 0 aromatic heterocycles. The van der Waals surface area contributed by atoms with Crippen molar-refractivity contribution in [3.63, 3.8) is 0 Å². The standard InChI is InChI=1S/C18H23NO3/c1-4-12-8-9-14-13(11-12)16(17(21)18(2,3)22-14)19-10-6-5-7-15(19)20/h4,8-9,11,16-17,21H,1,5-7,10H2,2-3H3/t16-,17+/m1/s1. The van der Waals surface area contributed by atoms with E-state index in [1.807, 2.05) is 36.9 Å². The van der Waals surface area contributed by atoms with Crippen LogP contribution in [0.1, 0.15) is 50.3 Å². The van der Waals surface area contributed by atoms with Crippen LogP contribution in [0.5, 0.6) is 5.75 Å². The van der Waals surface area contributed by atoms with E-state index in [9.17, 15) is 9.90 Å². The Balaban J connectivity index is 2.10. The monoisotopic (exact) mass is 301 g/mol. The van der Waals surface area contributed by atoms with Crippen molar-refractivity contribution in [2.75, 3.05) is 6.54 Å². The highest BCUT2D eigenvalue weighted by Crippen LogP contribution is 2.44. The van der Waals surface area contributed by atoms with Crippen LogP contribution >= 0.6 is 0 Å². The number of benzene rings is 1. The minimum atomic E-state index is -0.762. The SMILES string of the molecule is C=Cc1ccc2c(c1)[C@@H](N1CCCCC1=O)[C@H](O)C(C)(C)O2. The van der Waals surface area contributed by atoms with E-state index in [4.69, 9.17) is 4.74 Å². The Morgan fingerprint density at radius 1 is 1.41 bits per heavy atom. The molecule has 2 aliphatic heterocycles. The number of nitrogens with zero attached hydrogens (tertiary/aromatic N) is 1. The summed E-state index contributed by atoms with van der Waals surface area (Å²) in [5.74, 6) is 0.854. The fraction of sp³-hybridized carbons (Fsp3) is 0.500. The van der Waals surface area contributed by atoms with Gasteiger partial charge < -0.3 is 14.7 Å². The Morgan fingerprint density at radius 3 is 2.86 bits per heavy atom. The topological polar surface area (TPSA) is 49.8 Å². The van der Waals surface area contributed by atoms with Crippen LogP contribution in [0, 0.1) is 0 Å². The van der Waals surface area contributed by atoms with Gasteiger partial charge in [-0.25, -0.2) is 0 Å². The molecule has 22 heavy (non-hydrogen) atoms. The van der Waals surface area contributed by atoms with Gasteiger partial charge >= 0.3 is 0 Å². The molecule has 4 heteroatoms. The molecular formula is C18H23NO3. The van der Waals surface area contributed by atoms with Crippen LogP contribution in [0.4, 0.5) is 0 Å². The zero-order valence-corrected chi connectivity index (χ0v) is 13.2. The van der Waals surface area contributed by atoms with Crippen molar-refractivity contribution < 1.29 is 14.6 Å². The van der Waals surface area contributed by atoms with Crippen LogP contribution in [-0.2, 0) is 4.79 Å². The maximum Gasteiger partial charge on any atom is 0.223 e. The lowest BCUT2D eigenvalue weighted by atomic mass is 9.84. The predicted molar refractivity (Wildman–Crippen MR) is 85.6 cm³/mol. The van der Waals surface area contributed by atoms with Gasteiger partial charge in [-0.2, -0.15) is 0 Å². The fourth-order valence-electron chi connectivity index (χ4n) is 3.37. The summed E-state index contributed by atoms with van der Waals surface area (Å²) >= 11 is 0. The zero-order chi connectivity index (χ0) is 15.9. The quantitative estimate of drug-likeness (QED) is 0.913. The minimum Gasteiger partial charge on any atom is -0.485 e. The summed E-state index contributed by atoms with van der Waals surface area (Å²) in [6.45, 7) is 8.21. The Labute approximate surface area is 131 Å². The maximum absolute atomic E-state index is 12.4. The first-order valence-corrected chi connectivity index (χ1v) is 7.87.